The number of non-ortho nitro benzene ring substituents is 1. The van der Waals surface area contributed by atoms with Crippen LogP contribution in [0.5, 0.6) is 5.75 Å². The minimum atomic E-state index is -0.521. The van der Waals surface area contributed by atoms with Crippen molar-refractivity contribution in [1.82, 2.24) is 9.24 Å². The minimum Gasteiger partial charge on any atom is -0.494 e. The van der Waals surface area contributed by atoms with Crippen molar-refractivity contribution in [1.29, 1.82) is 5.26 Å². The van der Waals surface area contributed by atoms with Crippen LogP contribution in [0, 0.1) is 49.1 Å². The number of nitro benzene ring substituents is 1. The molecule has 0 atom stereocenters. The maximum absolute atomic E-state index is 12.7. The second-order valence-corrected chi connectivity index (χ2v) is 7.34. The van der Waals surface area contributed by atoms with Crippen molar-refractivity contribution < 1.29 is 14.5 Å². The van der Waals surface area contributed by atoms with Gasteiger partial charge in [0.15, 0.2) is 0 Å². The molecule has 164 valence electrons. The molecule has 1 aromatic carbocycles. The van der Waals surface area contributed by atoms with E-state index in [1.54, 1.807) is 10.7 Å². The molecule has 0 saturated carbocycles. The van der Waals surface area contributed by atoms with Crippen LogP contribution in [0.25, 0.3) is 11.8 Å². The first kappa shape index (κ1) is 22.4. The number of carbonyl (C=O) groups excluding carboxylic acids is 1. The Morgan fingerprint density at radius 3 is 2.34 bits per heavy atom. The van der Waals surface area contributed by atoms with E-state index in [9.17, 15) is 20.2 Å². The zero-order valence-electron chi connectivity index (χ0n) is 18.5. The second kappa shape index (κ2) is 8.81. The fourth-order valence-electron chi connectivity index (χ4n) is 3.58. The normalized spacial score (nSPS) is 11.2. The number of hydrogen-bond donors (Lipinski definition) is 1. The standard InChI is InChI=1S/C23H23N5O4/c1-14-6-7-15(2)27(14)25-23(29)19(13-24)11-18-10-16(3)26(17(18)4)21-9-8-20(28(30)31)12-22(21)32-5/h6-12H,1-5H3,(H,25,29)/b19-11-. The Labute approximate surface area is 185 Å². The molecule has 0 bridgehead atoms. The highest BCUT2D eigenvalue weighted by Crippen LogP contribution is 2.32. The third kappa shape index (κ3) is 4.11. The number of nitrogens with one attached hydrogen (secondary N) is 1. The van der Waals surface area contributed by atoms with Gasteiger partial charge in [0.05, 0.1) is 23.8 Å². The molecule has 0 radical (unpaired) electrons. The van der Waals surface area contributed by atoms with E-state index < -0.39 is 10.8 Å². The van der Waals surface area contributed by atoms with E-state index in [1.807, 2.05) is 56.5 Å². The fourth-order valence-corrected chi connectivity index (χ4v) is 3.58. The van der Waals surface area contributed by atoms with Crippen molar-refractivity contribution in [2.24, 2.45) is 0 Å². The van der Waals surface area contributed by atoms with Crippen LogP contribution in [-0.4, -0.2) is 27.2 Å². The van der Waals surface area contributed by atoms with Crippen LogP contribution in [0.15, 0.2) is 42.0 Å². The van der Waals surface area contributed by atoms with Crippen LogP contribution in [0.4, 0.5) is 5.69 Å². The van der Waals surface area contributed by atoms with Crippen LogP contribution >= 0.6 is 0 Å². The molecular formula is C23H23N5O4. The molecule has 0 aliphatic carbocycles. The largest absolute Gasteiger partial charge is 0.494 e. The van der Waals surface area contributed by atoms with Gasteiger partial charge in [0.1, 0.15) is 17.4 Å². The van der Waals surface area contributed by atoms with E-state index in [0.29, 0.717) is 17.0 Å². The number of ether oxygens (including phenoxy) is 1. The number of methoxy groups -OCH3 is 1. The summed E-state index contributed by atoms with van der Waals surface area (Å²) in [7, 11) is 1.45. The smallest absolute Gasteiger partial charge is 0.280 e. The molecule has 0 aliphatic heterocycles. The number of aromatic nitrogens is 2. The molecule has 0 aliphatic rings. The van der Waals surface area contributed by atoms with Crippen LogP contribution in [0.1, 0.15) is 28.3 Å². The van der Waals surface area contributed by atoms with Gasteiger partial charge in [0.25, 0.3) is 11.6 Å². The Hall–Kier alpha value is -4.32. The molecule has 1 N–H and O–H groups in total. The summed E-state index contributed by atoms with van der Waals surface area (Å²) in [6.45, 7) is 7.42. The molecule has 0 spiro atoms. The summed E-state index contributed by atoms with van der Waals surface area (Å²) in [5, 5.41) is 20.7. The van der Waals surface area contributed by atoms with Gasteiger partial charge in [-0.2, -0.15) is 5.26 Å². The molecule has 3 rings (SSSR count). The minimum absolute atomic E-state index is 0.0478. The highest BCUT2D eigenvalue weighted by molar-refractivity contribution is 6.06. The molecule has 9 nitrogen and oxygen atoms in total. The summed E-state index contributed by atoms with van der Waals surface area (Å²) < 4.78 is 8.86. The van der Waals surface area contributed by atoms with Crippen LogP contribution in [-0.2, 0) is 4.79 Å². The van der Waals surface area contributed by atoms with E-state index in [-0.39, 0.29) is 11.3 Å². The first-order chi connectivity index (χ1) is 15.2. The van der Waals surface area contributed by atoms with E-state index in [1.165, 1.54) is 25.3 Å². The predicted octanol–water partition coefficient (Wildman–Crippen LogP) is 4.11. The molecule has 2 heterocycles. The van der Waals surface area contributed by atoms with Gasteiger partial charge in [-0.1, -0.05) is 0 Å². The van der Waals surface area contributed by atoms with Gasteiger partial charge in [0.2, 0.25) is 0 Å². The quantitative estimate of drug-likeness (QED) is 0.272. The van der Waals surface area contributed by atoms with E-state index in [2.05, 4.69) is 5.43 Å². The average molecular weight is 433 g/mol. The van der Waals surface area contributed by atoms with Gasteiger partial charge < -0.3 is 9.30 Å². The lowest BCUT2D eigenvalue weighted by Crippen LogP contribution is -2.25. The van der Waals surface area contributed by atoms with Crippen molar-refractivity contribution in [3.05, 3.63) is 80.4 Å². The van der Waals surface area contributed by atoms with Gasteiger partial charge in [-0.3, -0.25) is 25.0 Å². The zero-order chi connectivity index (χ0) is 23.6. The van der Waals surface area contributed by atoms with Gasteiger partial charge in [0, 0.05) is 28.8 Å². The van der Waals surface area contributed by atoms with Crippen LogP contribution in [0.2, 0.25) is 0 Å². The van der Waals surface area contributed by atoms with Crippen molar-refractivity contribution in [3.63, 3.8) is 0 Å². The maximum atomic E-state index is 12.7. The summed E-state index contributed by atoms with van der Waals surface area (Å²) >= 11 is 0. The Morgan fingerprint density at radius 1 is 1.12 bits per heavy atom. The summed E-state index contributed by atoms with van der Waals surface area (Å²) in [6, 6.07) is 11.9. The molecule has 0 fully saturated rings. The van der Waals surface area contributed by atoms with Gasteiger partial charge in [-0.25, -0.2) is 0 Å². The number of hydrogen-bond acceptors (Lipinski definition) is 5. The van der Waals surface area contributed by atoms with Crippen molar-refractivity contribution >= 4 is 17.7 Å². The van der Waals surface area contributed by atoms with E-state index in [4.69, 9.17) is 4.74 Å². The highest BCUT2D eigenvalue weighted by atomic mass is 16.6. The SMILES string of the molecule is COc1cc([N+](=O)[O-])ccc1-n1c(C)cc(/C=C(/C#N)C(=O)Nn2c(C)ccc2C)c1C. The maximum Gasteiger partial charge on any atom is 0.280 e. The third-order valence-corrected chi connectivity index (χ3v) is 5.23. The predicted molar refractivity (Wildman–Crippen MR) is 120 cm³/mol. The summed E-state index contributed by atoms with van der Waals surface area (Å²) in [5.41, 5.74) is 7.16. The number of nitrogens with zero attached hydrogens (tertiary/aromatic N) is 4. The lowest BCUT2D eigenvalue weighted by molar-refractivity contribution is -0.384. The summed E-state index contributed by atoms with van der Waals surface area (Å²) in [5.74, 6) is -0.180. The molecule has 9 heteroatoms. The highest BCUT2D eigenvalue weighted by Gasteiger charge is 2.18. The van der Waals surface area contributed by atoms with E-state index >= 15 is 0 Å². The van der Waals surface area contributed by atoms with E-state index in [0.717, 1.165) is 22.8 Å². The molecule has 3 aromatic rings. The molecular weight excluding hydrogens is 410 g/mol. The molecule has 0 saturated heterocycles. The number of nitro groups is 1. The number of aryl methyl sites for hydroxylation is 3. The second-order valence-electron chi connectivity index (χ2n) is 7.34. The van der Waals surface area contributed by atoms with Crippen LogP contribution in [0.3, 0.4) is 0 Å². The van der Waals surface area contributed by atoms with Crippen LogP contribution < -0.4 is 10.2 Å². The lowest BCUT2D eigenvalue weighted by Gasteiger charge is -2.14. The summed E-state index contributed by atoms with van der Waals surface area (Å²) in [4.78, 5) is 23.3. The third-order valence-electron chi connectivity index (χ3n) is 5.23. The Kier molecular flexibility index (Phi) is 6.16. The number of carbonyl (C=O) groups is 1. The van der Waals surface area contributed by atoms with Gasteiger partial charge in [-0.15, -0.1) is 0 Å². The molecule has 32 heavy (non-hydrogen) atoms. The zero-order valence-corrected chi connectivity index (χ0v) is 18.5. The Morgan fingerprint density at radius 2 is 1.78 bits per heavy atom. The number of rotatable bonds is 6. The van der Waals surface area contributed by atoms with Gasteiger partial charge >= 0.3 is 0 Å². The Balaban J connectivity index is 2.01. The number of amides is 1. The topological polar surface area (TPSA) is 115 Å². The Bertz CT molecular complexity index is 1270. The average Bonchev–Trinajstić information content (AvgIpc) is 3.23. The fraction of sp³-hybridized carbons (Fsp3) is 0.217. The first-order valence-electron chi connectivity index (χ1n) is 9.77. The summed E-state index contributed by atoms with van der Waals surface area (Å²) in [6.07, 6.45) is 1.53. The monoisotopic (exact) mass is 433 g/mol. The number of nitriles is 1. The van der Waals surface area contributed by atoms with Gasteiger partial charge in [-0.05, 0) is 63.6 Å². The first-order valence-corrected chi connectivity index (χ1v) is 9.77. The number of benzene rings is 1. The molecule has 0 unspecified atom stereocenters. The molecule has 2 aromatic heterocycles. The molecule has 1 amide bonds. The van der Waals surface area contributed by atoms with Crippen molar-refractivity contribution in [3.8, 4) is 17.5 Å². The van der Waals surface area contributed by atoms with Crippen molar-refractivity contribution in [2.45, 2.75) is 27.7 Å². The van der Waals surface area contributed by atoms with Crippen molar-refractivity contribution in [2.75, 3.05) is 12.5 Å². The lowest BCUT2D eigenvalue weighted by atomic mass is 10.1.